The summed E-state index contributed by atoms with van der Waals surface area (Å²) in [6.45, 7) is 2.68. The first kappa shape index (κ1) is 9.15. The smallest absolute Gasteiger partial charge is 0.231 e. The van der Waals surface area contributed by atoms with Crippen molar-refractivity contribution in [1.82, 2.24) is 0 Å². The number of benzene rings is 1. The SMILES string of the molecule is C[C@H](N)COc1ccc2c(c1)OCO2. The van der Waals surface area contributed by atoms with E-state index in [9.17, 15) is 0 Å². The summed E-state index contributed by atoms with van der Waals surface area (Å²) >= 11 is 0. The highest BCUT2D eigenvalue weighted by Crippen LogP contribution is 2.34. The number of rotatable bonds is 3. The highest BCUT2D eigenvalue weighted by atomic mass is 16.7. The summed E-state index contributed by atoms with van der Waals surface area (Å²) < 4.78 is 15.8. The number of fused-ring (bicyclic) bond motifs is 1. The van der Waals surface area contributed by atoms with Gasteiger partial charge in [0, 0.05) is 12.1 Å². The molecule has 4 nitrogen and oxygen atoms in total. The minimum atomic E-state index is 0.0282. The lowest BCUT2D eigenvalue weighted by atomic mass is 10.3. The maximum Gasteiger partial charge on any atom is 0.231 e. The van der Waals surface area contributed by atoms with E-state index < -0.39 is 0 Å². The standard InChI is InChI=1S/C10H13NO3/c1-7(11)5-12-8-2-3-9-10(4-8)14-6-13-9/h2-4,7H,5-6,11H2,1H3/t7-/m0/s1. The second-order valence-corrected chi connectivity index (χ2v) is 3.30. The van der Waals surface area contributed by atoms with Crippen LogP contribution in [0.15, 0.2) is 18.2 Å². The molecule has 0 amide bonds. The van der Waals surface area contributed by atoms with E-state index in [1.165, 1.54) is 0 Å². The van der Waals surface area contributed by atoms with Gasteiger partial charge in [-0.25, -0.2) is 0 Å². The van der Waals surface area contributed by atoms with E-state index in [-0.39, 0.29) is 12.8 Å². The topological polar surface area (TPSA) is 53.7 Å². The summed E-state index contributed by atoms with van der Waals surface area (Å²) in [5, 5.41) is 0. The van der Waals surface area contributed by atoms with Crippen LogP contribution in [-0.2, 0) is 0 Å². The summed E-state index contributed by atoms with van der Waals surface area (Å²) in [7, 11) is 0. The van der Waals surface area contributed by atoms with Crippen LogP contribution in [0, 0.1) is 0 Å². The number of nitrogens with two attached hydrogens (primary N) is 1. The van der Waals surface area contributed by atoms with Crippen LogP contribution >= 0.6 is 0 Å². The summed E-state index contributed by atoms with van der Waals surface area (Å²) in [5.74, 6) is 2.25. The molecule has 0 saturated heterocycles. The molecule has 1 aliphatic rings. The third-order valence-electron chi connectivity index (χ3n) is 1.86. The monoisotopic (exact) mass is 195 g/mol. The Bertz CT molecular complexity index is 325. The first-order chi connectivity index (χ1) is 6.75. The van der Waals surface area contributed by atoms with Crippen molar-refractivity contribution < 1.29 is 14.2 Å². The molecule has 0 bridgehead atoms. The Morgan fingerprint density at radius 1 is 1.43 bits per heavy atom. The molecule has 4 heteroatoms. The molecule has 14 heavy (non-hydrogen) atoms. The van der Waals surface area contributed by atoms with Gasteiger partial charge in [0.15, 0.2) is 11.5 Å². The minimum absolute atomic E-state index is 0.0282. The molecule has 76 valence electrons. The van der Waals surface area contributed by atoms with Crippen LogP contribution in [0.25, 0.3) is 0 Å². The largest absolute Gasteiger partial charge is 0.492 e. The Morgan fingerprint density at radius 3 is 3.00 bits per heavy atom. The summed E-state index contributed by atoms with van der Waals surface area (Å²) in [6, 6.07) is 5.51. The third-order valence-corrected chi connectivity index (χ3v) is 1.86. The fourth-order valence-corrected chi connectivity index (χ4v) is 1.19. The van der Waals surface area contributed by atoms with Gasteiger partial charge in [0.25, 0.3) is 0 Å². The number of ether oxygens (including phenoxy) is 3. The van der Waals surface area contributed by atoms with Crippen molar-refractivity contribution in [2.45, 2.75) is 13.0 Å². The van der Waals surface area contributed by atoms with E-state index in [4.69, 9.17) is 19.9 Å². The van der Waals surface area contributed by atoms with E-state index in [0.717, 1.165) is 17.2 Å². The van der Waals surface area contributed by atoms with Crippen molar-refractivity contribution in [3.63, 3.8) is 0 Å². The van der Waals surface area contributed by atoms with E-state index >= 15 is 0 Å². The van der Waals surface area contributed by atoms with E-state index in [1.807, 2.05) is 25.1 Å². The number of hydrogen-bond donors (Lipinski definition) is 1. The van der Waals surface area contributed by atoms with Crippen molar-refractivity contribution >= 4 is 0 Å². The second-order valence-electron chi connectivity index (χ2n) is 3.30. The van der Waals surface area contributed by atoms with Crippen molar-refractivity contribution in [1.29, 1.82) is 0 Å². The Hall–Kier alpha value is -1.42. The molecular formula is C10H13NO3. The van der Waals surface area contributed by atoms with Gasteiger partial charge < -0.3 is 19.9 Å². The van der Waals surface area contributed by atoms with Gasteiger partial charge in [-0.2, -0.15) is 0 Å². The predicted molar refractivity (Wildman–Crippen MR) is 51.7 cm³/mol. The van der Waals surface area contributed by atoms with Gasteiger partial charge in [-0.1, -0.05) is 0 Å². The zero-order chi connectivity index (χ0) is 9.97. The molecule has 0 saturated carbocycles. The molecule has 1 aliphatic heterocycles. The molecule has 2 N–H and O–H groups in total. The van der Waals surface area contributed by atoms with Crippen LogP contribution < -0.4 is 19.9 Å². The fraction of sp³-hybridized carbons (Fsp3) is 0.400. The van der Waals surface area contributed by atoms with Crippen molar-refractivity contribution in [2.24, 2.45) is 5.73 Å². The second kappa shape index (κ2) is 3.75. The molecule has 0 aliphatic carbocycles. The molecule has 0 unspecified atom stereocenters. The molecule has 0 fully saturated rings. The molecule has 1 aromatic rings. The Morgan fingerprint density at radius 2 is 2.21 bits per heavy atom. The van der Waals surface area contributed by atoms with Crippen LogP contribution in [0.1, 0.15) is 6.92 Å². The van der Waals surface area contributed by atoms with Gasteiger partial charge in [-0.05, 0) is 19.1 Å². The third kappa shape index (κ3) is 1.90. The summed E-state index contributed by atoms with van der Waals surface area (Å²) in [6.07, 6.45) is 0. The normalized spacial score (nSPS) is 15.3. The Balaban J connectivity index is 2.05. The highest BCUT2D eigenvalue weighted by molar-refractivity contribution is 5.46. The molecule has 2 rings (SSSR count). The lowest BCUT2D eigenvalue weighted by molar-refractivity contribution is 0.173. The van der Waals surface area contributed by atoms with Gasteiger partial charge in [0.1, 0.15) is 12.4 Å². The first-order valence-corrected chi connectivity index (χ1v) is 4.54. The fourth-order valence-electron chi connectivity index (χ4n) is 1.19. The molecule has 0 aromatic heterocycles. The zero-order valence-corrected chi connectivity index (χ0v) is 8.03. The lowest BCUT2D eigenvalue weighted by Gasteiger charge is -2.08. The van der Waals surface area contributed by atoms with Crippen molar-refractivity contribution in [3.8, 4) is 17.2 Å². The predicted octanol–water partition coefficient (Wildman–Crippen LogP) is 1.14. The van der Waals surface area contributed by atoms with E-state index in [2.05, 4.69) is 0 Å². The lowest BCUT2D eigenvalue weighted by Crippen LogP contribution is -2.23. The molecule has 0 radical (unpaired) electrons. The zero-order valence-electron chi connectivity index (χ0n) is 8.03. The average molecular weight is 195 g/mol. The van der Waals surface area contributed by atoms with Gasteiger partial charge in [-0.3, -0.25) is 0 Å². The van der Waals surface area contributed by atoms with Gasteiger partial charge >= 0.3 is 0 Å². The van der Waals surface area contributed by atoms with E-state index in [1.54, 1.807) is 0 Å². The average Bonchev–Trinajstić information content (AvgIpc) is 2.61. The van der Waals surface area contributed by atoms with Crippen LogP contribution in [0.3, 0.4) is 0 Å². The molecule has 1 heterocycles. The van der Waals surface area contributed by atoms with E-state index in [0.29, 0.717) is 6.61 Å². The maximum atomic E-state index is 5.57. The van der Waals surface area contributed by atoms with Crippen molar-refractivity contribution in [3.05, 3.63) is 18.2 Å². The van der Waals surface area contributed by atoms with Gasteiger partial charge in [-0.15, -0.1) is 0 Å². The minimum Gasteiger partial charge on any atom is -0.492 e. The van der Waals surface area contributed by atoms with Crippen LogP contribution in [0.5, 0.6) is 17.2 Å². The summed E-state index contributed by atoms with van der Waals surface area (Å²) in [4.78, 5) is 0. The molecule has 1 atom stereocenters. The van der Waals surface area contributed by atoms with Crippen molar-refractivity contribution in [2.75, 3.05) is 13.4 Å². The van der Waals surface area contributed by atoms with Crippen LogP contribution in [-0.4, -0.2) is 19.4 Å². The molecule has 1 aromatic carbocycles. The Labute approximate surface area is 82.6 Å². The quantitative estimate of drug-likeness (QED) is 0.785. The van der Waals surface area contributed by atoms with Gasteiger partial charge in [0.2, 0.25) is 6.79 Å². The first-order valence-electron chi connectivity index (χ1n) is 4.54. The van der Waals surface area contributed by atoms with Crippen LogP contribution in [0.2, 0.25) is 0 Å². The molecular weight excluding hydrogens is 182 g/mol. The number of hydrogen-bond acceptors (Lipinski definition) is 4. The van der Waals surface area contributed by atoms with Crippen LogP contribution in [0.4, 0.5) is 0 Å². The van der Waals surface area contributed by atoms with Gasteiger partial charge in [0.05, 0.1) is 0 Å². The Kier molecular flexibility index (Phi) is 2.45. The highest BCUT2D eigenvalue weighted by Gasteiger charge is 2.13. The molecule has 0 spiro atoms. The maximum absolute atomic E-state index is 5.57. The summed E-state index contributed by atoms with van der Waals surface area (Å²) in [5.41, 5.74) is 5.57.